The maximum atomic E-state index is 12.8. The number of halogens is 1. The number of sulfonamides is 2. The molecule has 30 heavy (non-hydrogen) atoms. The summed E-state index contributed by atoms with van der Waals surface area (Å²) in [6, 6.07) is 9.86. The van der Waals surface area contributed by atoms with Gasteiger partial charge in [-0.05, 0) is 42.5 Å². The van der Waals surface area contributed by atoms with Crippen molar-refractivity contribution in [2.24, 2.45) is 5.14 Å². The van der Waals surface area contributed by atoms with Gasteiger partial charge in [-0.25, -0.2) is 26.8 Å². The van der Waals surface area contributed by atoms with E-state index in [1.54, 1.807) is 4.90 Å². The number of benzene rings is 2. The van der Waals surface area contributed by atoms with Crippen LogP contribution >= 0.6 is 11.6 Å². The fraction of sp³-hybridized carbons (Fsp3) is 0.278. The summed E-state index contributed by atoms with van der Waals surface area (Å²) in [5, 5.41) is 5.59. The molecule has 1 saturated heterocycles. The van der Waals surface area contributed by atoms with E-state index in [1.165, 1.54) is 47.8 Å². The molecule has 2 N–H and O–H groups in total. The van der Waals surface area contributed by atoms with Crippen molar-refractivity contribution >= 4 is 43.3 Å². The minimum absolute atomic E-state index is 0.0398. The number of rotatable bonds is 5. The summed E-state index contributed by atoms with van der Waals surface area (Å²) in [6.07, 6.45) is 0. The molecule has 1 heterocycles. The van der Waals surface area contributed by atoms with Gasteiger partial charge in [-0.2, -0.15) is 4.31 Å². The molecule has 0 spiro atoms. The number of esters is 1. The number of carbonyl (C=O) groups is 1. The van der Waals surface area contributed by atoms with Gasteiger partial charge in [-0.15, -0.1) is 0 Å². The Bertz CT molecular complexity index is 1160. The minimum atomic E-state index is -4.00. The molecule has 0 aliphatic carbocycles. The van der Waals surface area contributed by atoms with Crippen LogP contribution in [0.25, 0.3) is 0 Å². The molecule has 2 aromatic carbocycles. The Labute approximate surface area is 180 Å². The summed E-state index contributed by atoms with van der Waals surface area (Å²) >= 11 is 5.83. The van der Waals surface area contributed by atoms with Gasteiger partial charge < -0.3 is 9.64 Å². The summed E-state index contributed by atoms with van der Waals surface area (Å²) in [6.45, 7) is 0.960. The number of nitrogens with zero attached hydrogens (tertiary/aromatic N) is 2. The lowest BCUT2D eigenvalue weighted by Crippen LogP contribution is -2.49. The number of primary sulfonamides is 1. The molecule has 162 valence electrons. The standard InChI is InChI=1S/C18H20ClN3O6S2/c1-28-18(23)16-12-15(29(20,24)25)6-7-17(16)21-8-10-22(11-9-21)30(26,27)14-4-2-13(19)3-5-14/h2-7,12H,8-11H2,1H3,(H2,20,24,25). The van der Waals surface area contributed by atoms with Crippen molar-refractivity contribution in [2.75, 3.05) is 38.2 Å². The second kappa shape index (κ2) is 8.52. The summed E-state index contributed by atoms with van der Waals surface area (Å²) in [4.78, 5) is 13.9. The number of methoxy groups -OCH3 is 1. The van der Waals surface area contributed by atoms with Crippen molar-refractivity contribution in [3.63, 3.8) is 0 Å². The molecule has 0 bridgehead atoms. The van der Waals surface area contributed by atoms with Crippen molar-refractivity contribution in [1.82, 2.24) is 4.31 Å². The van der Waals surface area contributed by atoms with Gasteiger partial charge in [0, 0.05) is 31.2 Å². The van der Waals surface area contributed by atoms with Crippen molar-refractivity contribution in [3.8, 4) is 0 Å². The van der Waals surface area contributed by atoms with Crippen LogP contribution in [0.4, 0.5) is 5.69 Å². The number of piperazine rings is 1. The van der Waals surface area contributed by atoms with E-state index in [1.807, 2.05) is 0 Å². The number of anilines is 1. The average Bonchev–Trinajstić information content (AvgIpc) is 2.72. The van der Waals surface area contributed by atoms with Crippen LogP contribution in [0.2, 0.25) is 5.02 Å². The maximum absolute atomic E-state index is 12.8. The monoisotopic (exact) mass is 473 g/mol. The van der Waals surface area contributed by atoms with E-state index in [-0.39, 0.29) is 28.4 Å². The lowest BCUT2D eigenvalue weighted by molar-refractivity contribution is 0.0601. The predicted molar refractivity (Wildman–Crippen MR) is 112 cm³/mol. The number of hydrogen-bond acceptors (Lipinski definition) is 7. The van der Waals surface area contributed by atoms with E-state index in [9.17, 15) is 21.6 Å². The normalized spacial score (nSPS) is 15.8. The number of hydrogen-bond donors (Lipinski definition) is 1. The Morgan fingerprint density at radius 2 is 1.53 bits per heavy atom. The lowest BCUT2D eigenvalue weighted by Gasteiger charge is -2.36. The van der Waals surface area contributed by atoms with Gasteiger partial charge in [0.05, 0.1) is 28.2 Å². The Morgan fingerprint density at radius 3 is 2.07 bits per heavy atom. The molecule has 12 heteroatoms. The van der Waals surface area contributed by atoms with Crippen LogP contribution in [0.1, 0.15) is 10.4 Å². The van der Waals surface area contributed by atoms with Crippen LogP contribution in [0.5, 0.6) is 0 Å². The molecular weight excluding hydrogens is 454 g/mol. The molecule has 0 atom stereocenters. The lowest BCUT2D eigenvalue weighted by atomic mass is 10.1. The molecule has 3 rings (SSSR count). The van der Waals surface area contributed by atoms with Gasteiger partial charge in [-0.3, -0.25) is 0 Å². The van der Waals surface area contributed by atoms with E-state index in [2.05, 4.69) is 0 Å². The topological polar surface area (TPSA) is 127 Å². The Balaban J connectivity index is 1.84. The van der Waals surface area contributed by atoms with Crippen molar-refractivity contribution in [3.05, 3.63) is 53.1 Å². The second-order valence-corrected chi connectivity index (χ2v) is 10.5. The summed E-state index contributed by atoms with van der Waals surface area (Å²) in [7, 11) is -6.49. The molecule has 0 amide bonds. The van der Waals surface area contributed by atoms with E-state index >= 15 is 0 Å². The molecule has 2 aromatic rings. The highest BCUT2D eigenvalue weighted by Crippen LogP contribution is 2.27. The SMILES string of the molecule is COC(=O)c1cc(S(N)(=O)=O)ccc1N1CCN(S(=O)(=O)c2ccc(Cl)cc2)CC1. The van der Waals surface area contributed by atoms with Crippen LogP contribution in [-0.4, -0.2) is 60.4 Å². The van der Waals surface area contributed by atoms with Crippen LogP contribution in [0.15, 0.2) is 52.3 Å². The first-order chi connectivity index (χ1) is 14.0. The Hall–Kier alpha value is -2.18. The van der Waals surface area contributed by atoms with Crippen LogP contribution in [-0.2, 0) is 24.8 Å². The molecule has 0 saturated carbocycles. The maximum Gasteiger partial charge on any atom is 0.340 e. The molecule has 0 radical (unpaired) electrons. The fourth-order valence-corrected chi connectivity index (χ4v) is 5.25. The van der Waals surface area contributed by atoms with E-state index in [0.717, 1.165) is 6.07 Å². The van der Waals surface area contributed by atoms with E-state index in [4.69, 9.17) is 21.5 Å². The van der Waals surface area contributed by atoms with Gasteiger partial charge in [0.15, 0.2) is 0 Å². The van der Waals surface area contributed by atoms with Crippen molar-refractivity contribution < 1.29 is 26.4 Å². The van der Waals surface area contributed by atoms with Gasteiger partial charge in [0.25, 0.3) is 0 Å². The highest BCUT2D eigenvalue weighted by molar-refractivity contribution is 7.89. The molecule has 0 aromatic heterocycles. The summed E-state index contributed by atoms with van der Waals surface area (Å²) in [5.74, 6) is -0.716. The zero-order valence-corrected chi connectivity index (χ0v) is 18.4. The third-order valence-electron chi connectivity index (χ3n) is 4.73. The Morgan fingerprint density at radius 1 is 0.967 bits per heavy atom. The first-order valence-electron chi connectivity index (χ1n) is 8.80. The molecule has 9 nitrogen and oxygen atoms in total. The molecule has 1 aliphatic rings. The fourth-order valence-electron chi connectivity index (χ4n) is 3.17. The minimum Gasteiger partial charge on any atom is -0.465 e. The number of carbonyl (C=O) groups excluding carboxylic acids is 1. The highest BCUT2D eigenvalue weighted by atomic mass is 35.5. The largest absolute Gasteiger partial charge is 0.465 e. The van der Waals surface area contributed by atoms with Crippen molar-refractivity contribution in [1.29, 1.82) is 0 Å². The van der Waals surface area contributed by atoms with Gasteiger partial charge in [0.1, 0.15) is 0 Å². The summed E-state index contributed by atoms with van der Waals surface area (Å²) < 4.78 is 55.0. The smallest absolute Gasteiger partial charge is 0.340 e. The molecule has 0 unspecified atom stereocenters. The zero-order chi connectivity index (χ0) is 22.1. The van der Waals surface area contributed by atoms with Crippen molar-refractivity contribution in [2.45, 2.75) is 9.79 Å². The third kappa shape index (κ3) is 4.60. The van der Waals surface area contributed by atoms with Crippen LogP contribution in [0, 0.1) is 0 Å². The summed E-state index contributed by atoms with van der Waals surface area (Å²) in [5.41, 5.74) is 0.482. The molecule has 1 aliphatic heterocycles. The number of ether oxygens (including phenoxy) is 1. The average molecular weight is 474 g/mol. The molecule has 1 fully saturated rings. The van der Waals surface area contributed by atoms with E-state index < -0.39 is 26.0 Å². The van der Waals surface area contributed by atoms with Crippen LogP contribution < -0.4 is 10.0 Å². The van der Waals surface area contributed by atoms with E-state index in [0.29, 0.717) is 23.8 Å². The third-order valence-corrected chi connectivity index (χ3v) is 7.81. The number of nitrogens with two attached hydrogens (primary N) is 1. The van der Waals surface area contributed by atoms with Gasteiger partial charge >= 0.3 is 5.97 Å². The first-order valence-corrected chi connectivity index (χ1v) is 12.2. The van der Waals surface area contributed by atoms with Gasteiger partial charge in [0.2, 0.25) is 20.0 Å². The zero-order valence-electron chi connectivity index (χ0n) is 16.0. The van der Waals surface area contributed by atoms with Crippen LogP contribution in [0.3, 0.4) is 0 Å². The van der Waals surface area contributed by atoms with Gasteiger partial charge in [-0.1, -0.05) is 11.6 Å². The molecular formula is C18H20ClN3O6S2. The quantitative estimate of drug-likeness (QED) is 0.648. The first kappa shape index (κ1) is 22.5. The Kier molecular flexibility index (Phi) is 6.39. The predicted octanol–water partition coefficient (Wildman–Crippen LogP) is 1.28. The second-order valence-electron chi connectivity index (χ2n) is 6.56. The highest BCUT2D eigenvalue weighted by Gasteiger charge is 2.30.